The number of carbonyl (C=O) groups is 1. The molecule has 108 valence electrons. The van der Waals surface area contributed by atoms with Crippen molar-refractivity contribution in [3.05, 3.63) is 29.8 Å². The van der Waals surface area contributed by atoms with Crippen molar-refractivity contribution in [2.45, 2.75) is 38.1 Å². The topological polar surface area (TPSA) is 88.7 Å². The minimum absolute atomic E-state index is 0.246. The van der Waals surface area contributed by atoms with Crippen molar-refractivity contribution in [2.24, 2.45) is 5.92 Å². The molecule has 1 fully saturated rings. The summed E-state index contributed by atoms with van der Waals surface area (Å²) >= 11 is 0. The van der Waals surface area contributed by atoms with Crippen LogP contribution in [0.3, 0.4) is 0 Å². The van der Waals surface area contributed by atoms with E-state index in [1.807, 2.05) is 6.07 Å². The van der Waals surface area contributed by atoms with Gasteiger partial charge in [0.1, 0.15) is 6.04 Å². The summed E-state index contributed by atoms with van der Waals surface area (Å²) in [6.45, 7) is 0. The first-order chi connectivity index (χ1) is 10.2. The normalized spacial score (nSPS) is 16.3. The van der Waals surface area contributed by atoms with E-state index in [0.29, 0.717) is 11.3 Å². The highest BCUT2D eigenvalue weighted by Gasteiger charge is 2.24. The zero-order valence-electron chi connectivity index (χ0n) is 11.8. The van der Waals surface area contributed by atoms with Crippen LogP contribution in [-0.4, -0.2) is 12.1 Å². The molecule has 0 saturated heterocycles. The summed E-state index contributed by atoms with van der Waals surface area (Å²) in [7, 11) is 0. The molecule has 0 bridgehead atoms. The fourth-order valence-corrected chi connectivity index (χ4v) is 2.66. The average molecular weight is 282 g/mol. The van der Waals surface area contributed by atoms with Crippen molar-refractivity contribution in [3.63, 3.8) is 0 Å². The molecule has 1 atom stereocenters. The summed E-state index contributed by atoms with van der Waals surface area (Å²) in [5.74, 6) is 0.246. The minimum Gasteiger partial charge on any atom is -0.322 e. The second-order valence-corrected chi connectivity index (χ2v) is 5.29. The molecule has 2 rings (SSSR count). The fourth-order valence-electron chi connectivity index (χ4n) is 2.66. The molecule has 0 aromatic heterocycles. The first-order valence-electron chi connectivity index (χ1n) is 7.20. The van der Waals surface area contributed by atoms with Gasteiger partial charge in [0.25, 0.3) is 0 Å². The Morgan fingerprint density at radius 2 is 1.81 bits per heavy atom. The van der Waals surface area contributed by atoms with Gasteiger partial charge in [-0.05, 0) is 43.0 Å². The molecular formula is C16H18N4O. The van der Waals surface area contributed by atoms with E-state index in [9.17, 15) is 10.1 Å². The molecule has 1 unspecified atom stereocenters. The lowest BCUT2D eigenvalue weighted by Gasteiger charge is -2.26. The van der Waals surface area contributed by atoms with Crippen LogP contribution in [0.2, 0.25) is 0 Å². The van der Waals surface area contributed by atoms with Crippen LogP contribution in [0.4, 0.5) is 10.5 Å². The van der Waals surface area contributed by atoms with E-state index in [1.54, 1.807) is 24.3 Å². The number of nitrogens with zero attached hydrogens (tertiary/aromatic N) is 2. The summed E-state index contributed by atoms with van der Waals surface area (Å²) in [5.41, 5.74) is 1.14. The maximum atomic E-state index is 11.9. The zero-order valence-corrected chi connectivity index (χ0v) is 11.8. The van der Waals surface area contributed by atoms with E-state index in [1.165, 1.54) is 6.42 Å². The highest BCUT2D eigenvalue weighted by molar-refractivity contribution is 5.89. The number of anilines is 1. The largest absolute Gasteiger partial charge is 0.322 e. The van der Waals surface area contributed by atoms with Gasteiger partial charge in [0.15, 0.2) is 0 Å². The Hall–Kier alpha value is -2.53. The first-order valence-corrected chi connectivity index (χ1v) is 7.20. The third-order valence-corrected chi connectivity index (χ3v) is 3.82. The van der Waals surface area contributed by atoms with Gasteiger partial charge in [-0.3, -0.25) is 0 Å². The predicted molar refractivity (Wildman–Crippen MR) is 79.3 cm³/mol. The maximum Gasteiger partial charge on any atom is 0.320 e. The number of benzene rings is 1. The Morgan fingerprint density at radius 1 is 1.14 bits per heavy atom. The summed E-state index contributed by atoms with van der Waals surface area (Å²) in [5, 5.41) is 23.4. The quantitative estimate of drug-likeness (QED) is 0.892. The molecule has 5 nitrogen and oxygen atoms in total. The Labute approximate surface area is 124 Å². The first kappa shape index (κ1) is 14.9. The van der Waals surface area contributed by atoms with Gasteiger partial charge in [0.05, 0.1) is 17.7 Å². The zero-order chi connectivity index (χ0) is 15.1. The molecule has 1 aromatic carbocycles. The van der Waals surface area contributed by atoms with Crippen LogP contribution in [0.1, 0.15) is 37.7 Å². The second kappa shape index (κ2) is 7.31. The molecule has 1 aromatic rings. The second-order valence-electron chi connectivity index (χ2n) is 5.29. The summed E-state index contributed by atoms with van der Waals surface area (Å²) in [6, 6.07) is 10.0. The number of hydrogen-bond acceptors (Lipinski definition) is 3. The van der Waals surface area contributed by atoms with Crippen LogP contribution in [0.25, 0.3) is 0 Å². The molecular weight excluding hydrogens is 264 g/mol. The average Bonchev–Trinajstić information content (AvgIpc) is 2.54. The minimum atomic E-state index is -0.441. The number of nitriles is 2. The lowest BCUT2D eigenvalue weighted by Crippen LogP contribution is -2.42. The van der Waals surface area contributed by atoms with Crippen LogP contribution in [-0.2, 0) is 0 Å². The van der Waals surface area contributed by atoms with Gasteiger partial charge >= 0.3 is 6.03 Å². The van der Waals surface area contributed by atoms with Crippen molar-refractivity contribution < 1.29 is 4.79 Å². The van der Waals surface area contributed by atoms with E-state index in [4.69, 9.17) is 5.26 Å². The highest BCUT2D eigenvalue weighted by atomic mass is 16.2. The van der Waals surface area contributed by atoms with Gasteiger partial charge < -0.3 is 10.6 Å². The molecule has 0 aliphatic heterocycles. The fraction of sp³-hybridized carbons (Fsp3) is 0.438. The van der Waals surface area contributed by atoms with E-state index in [2.05, 4.69) is 16.7 Å². The molecule has 1 aliphatic carbocycles. The smallest absolute Gasteiger partial charge is 0.320 e. The van der Waals surface area contributed by atoms with Crippen molar-refractivity contribution in [1.29, 1.82) is 10.5 Å². The summed E-state index contributed by atoms with van der Waals surface area (Å²) in [6.07, 6.45) is 5.46. The lowest BCUT2D eigenvalue weighted by molar-refractivity contribution is 0.241. The van der Waals surface area contributed by atoms with Crippen molar-refractivity contribution in [2.75, 3.05) is 5.32 Å². The maximum absolute atomic E-state index is 11.9. The monoisotopic (exact) mass is 282 g/mol. The molecule has 21 heavy (non-hydrogen) atoms. The summed E-state index contributed by atoms with van der Waals surface area (Å²) in [4.78, 5) is 11.9. The van der Waals surface area contributed by atoms with Gasteiger partial charge in [-0.1, -0.05) is 19.3 Å². The Morgan fingerprint density at radius 3 is 2.38 bits per heavy atom. The van der Waals surface area contributed by atoms with Gasteiger partial charge in [-0.15, -0.1) is 0 Å². The van der Waals surface area contributed by atoms with Crippen LogP contribution in [0, 0.1) is 28.6 Å². The van der Waals surface area contributed by atoms with Gasteiger partial charge in [0.2, 0.25) is 0 Å². The van der Waals surface area contributed by atoms with Crippen LogP contribution in [0.15, 0.2) is 24.3 Å². The van der Waals surface area contributed by atoms with Gasteiger partial charge in [0, 0.05) is 5.69 Å². The standard InChI is InChI=1S/C16H18N4O/c17-10-12-6-8-14(9-7-12)19-16(21)20-15(11-18)13-4-2-1-3-5-13/h6-9,13,15H,1-5H2,(H2,19,20,21). The van der Waals surface area contributed by atoms with Gasteiger partial charge in [-0.2, -0.15) is 10.5 Å². The summed E-state index contributed by atoms with van der Waals surface area (Å²) < 4.78 is 0. The molecule has 5 heteroatoms. The van der Waals surface area contributed by atoms with Crippen molar-refractivity contribution in [1.82, 2.24) is 5.32 Å². The Balaban J connectivity index is 1.90. The van der Waals surface area contributed by atoms with E-state index >= 15 is 0 Å². The molecule has 0 heterocycles. The Kier molecular flexibility index (Phi) is 5.17. The molecule has 0 spiro atoms. The van der Waals surface area contributed by atoms with Crippen LogP contribution < -0.4 is 10.6 Å². The molecule has 2 amide bonds. The van der Waals surface area contributed by atoms with E-state index < -0.39 is 6.04 Å². The lowest BCUT2D eigenvalue weighted by atomic mass is 9.84. The van der Waals surface area contributed by atoms with Crippen LogP contribution >= 0.6 is 0 Å². The number of rotatable bonds is 3. The Bertz CT molecular complexity index is 561. The number of nitrogens with one attached hydrogen (secondary N) is 2. The highest BCUT2D eigenvalue weighted by Crippen LogP contribution is 2.26. The number of hydrogen-bond donors (Lipinski definition) is 2. The SMILES string of the molecule is N#Cc1ccc(NC(=O)NC(C#N)C2CCCCC2)cc1. The third-order valence-electron chi connectivity index (χ3n) is 3.82. The van der Waals surface area contributed by atoms with E-state index in [0.717, 1.165) is 25.7 Å². The van der Waals surface area contributed by atoms with Crippen LogP contribution in [0.5, 0.6) is 0 Å². The molecule has 1 saturated carbocycles. The predicted octanol–water partition coefficient (Wildman–Crippen LogP) is 3.15. The number of urea groups is 1. The molecule has 2 N–H and O–H groups in total. The van der Waals surface area contributed by atoms with E-state index in [-0.39, 0.29) is 11.9 Å². The third kappa shape index (κ3) is 4.22. The molecule has 1 aliphatic rings. The van der Waals surface area contributed by atoms with Crippen molar-refractivity contribution >= 4 is 11.7 Å². The molecule has 0 radical (unpaired) electrons. The number of amides is 2. The number of carbonyl (C=O) groups excluding carboxylic acids is 1. The van der Waals surface area contributed by atoms with Crippen molar-refractivity contribution in [3.8, 4) is 12.1 Å². The van der Waals surface area contributed by atoms with Gasteiger partial charge in [-0.25, -0.2) is 4.79 Å².